The maximum absolute atomic E-state index is 5.41. The molecule has 2 rings (SSSR count). The Bertz CT molecular complexity index is 363. The molecule has 0 radical (unpaired) electrons. The van der Waals surface area contributed by atoms with Crippen molar-refractivity contribution in [2.24, 2.45) is 0 Å². The fourth-order valence-electron chi connectivity index (χ4n) is 1.37. The van der Waals surface area contributed by atoms with Crippen molar-refractivity contribution in [1.29, 1.82) is 0 Å². The van der Waals surface area contributed by atoms with Crippen molar-refractivity contribution in [3.05, 3.63) is 24.0 Å². The van der Waals surface area contributed by atoms with Crippen LogP contribution in [0.2, 0.25) is 0 Å². The van der Waals surface area contributed by atoms with Gasteiger partial charge in [-0.05, 0) is 25.0 Å². The Morgan fingerprint density at radius 2 is 2.38 bits per heavy atom. The van der Waals surface area contributed by atoms with Gasteiger partial charge in [0.25, 0.3) is 0 Å². The van der Waals surface area contributed by atoms with Crippen LogP contribution in [-0.4, -0.2) is 17.6 Å². The van der Waals surface area contributed by atoms with Crippen LogP contribution in [-0.2, 0) is 6.54 Å². The summed E-state index contributed by atoms with van der Waals surface area (Å²) in [6.45, 7) is 1.40. The Kier molecular flexibility index (Phi) is 3.79. The van der Waals surface area contributed by atoms with Gasteiger partial charge in [0.2, 0.25) is 0 Å². The van der Waals surface area contributed by atoms with E-state index in [4.69, 9.17) is 11.2 Å². The second kappa shape index (κ2) is 5.53. The monoisotopic (exact) mass is 216 g/mol. The molecule has 1 aromatic heterocycles. The highest BCUT2D eigenvalue weighted by Crippen LogP contribution is 2.19. The van der Waals surface area contributed by atoms with E-state index in [1.165, 1.54) is 12.8 Å². The third kappa shape index (κ3) is 3.56. The summed E-state index contributed by atoms with van der Waals surface area (Å²) in [6.07, 6.45) is 10.1. The number of nitrogens with one attached hydrogen (secondary N) is 1. The van der Waals surface area contributed by atoms with Crippen LogP contribution in [0, 0.1) is 12.3 Å². The van der Waals surface area contributed by atoms with E-state index in [-0.39, 0.29) is 0 Å². The molecule has 0 aromatic carbocycles. The number of aromatic nitrogens is 1. The molecule has 1 aliphatic carbocycles. The van der Waals surface area contributed by atoms with Crippen molar-refractivity contribution in [3.8, 4) is 18.1 Å². The number of rotatable bonds is 6. The highest BCUT2D eigenvalue weighted by Gasteiger charge is 2.19. The topological polar surface area (TPSA) is 34.1 Å². The van der Waals surface area contributed by atoms with Crippen LogP contribution >= 0.6 is 0 Å². The molecule has 0 aliphatic heterocycles. The van der Waals surface area contributed by atoms with Gasteiger partial charge in [-0.25, -0.2) is 0 Å². The van der Waals surface area contributed by atoms with Crippen LogP contribution in [0.3, 0.4) is 0 Å². The van der Waals surface area contributed by atoms with Gasteiger partial charge in [0, 0.05) is 19.0 Å². The molecule has 0 spiro atoms. The van der Waals surface area contributed by atoms with Gasteiger partial charge in [-0.15, -0.1) is 12.3 Å². The summed E-state index contributed by atoms with van der Waals surface area (Å²) in [4.78, 5) is 4.32. The lowest BCUT2D eigenvalue weighted by Crippen LogP contribution is -2.16. The molecule has 84 valence electrons. The van der Waals surface area contributed by atoms with E-state index in [2.05, 4.69) is 16.2 Å². The summed E-state index contributed by atoms with van der Waals surface area (Å²) in [6, 6.07) is 4.64. The Morgan fingerprint density at radius 3 is 3.00 bits per heavy atom. The molecular weight excluding hydrogens is 200 g/mol. The predicted molar refractivity (Wildman–Crippen MR) is 63.0 cm³/mol. The van der Waals surface area contributed by atoms with Crippen molar-refractivity contribution in [2.75, 3.05) is 6.61 Å². The van der Waals surface area contributed by atoms with Crippen LogP contribution < -0.4 is 10.1 Å². The lowest BCUT2D eigenvalue weighted by molar-refractivity contribution is 0.325. The minimum atomic E-state index is 0.553. The zero-order valence-electron chi connectivity index (χ0n) is 9.28. The molecule has 1 fully saturated rings. The van der Waals surface area contributed by atoms with E-state index in [0.717, 1.165) is 18.0 Å². The zero-order valence-corrected chi connectivity index (χ0v) is 9.28. The van der Waals surface area contributed by atoms with E-state index >= 15 is 0 Å². The average Bonchev–Trinajstić information content (AvgIpc) is 3.12. The van der Waals surface area contributed by atoms with Gasteiger partial charge < -0.3 is 10.1 Å². The maximum Gasteiger partial charge on any atom is 0.137 e. The van der Waals surface area contributed by atoms with E-state index in [0.29, 0.717) is 19.1 Å². The van der Waals surface area contributed by atoms with Gasteiger partial charge in [0.05, 0.1) is 18.5 Å². The first-order chi connectivity index (χ1) is 7.88. The fourth-order valence-corrected chi connectivity index (χ4v) is 1.37. The third-order valence-electron chi connectivity index (χ3n) is 2.46. The molecule has 0 saturated heterocycles. The van der Waals surface area contributed by atoms with Crippen LogP contribution in [0.4, 0.5) is 0 Å². The quantitative estimate of drug-likeness (QED) is 0.581. The van der Waals surface area contributed by atoms with Gasteiger partial charge in [-0.2, -0.15) is 0 Å². The molecule has 16 heavy (non-hydrogen) atoms. The molecule has 3 heteroatoms. The van der Waals surface area contributed by atoms with Crippen molar-refractivity contribution in [2.45, 2.75) is 31.8 Å². The molecule has 0 atom stereocenters. The minimum absolute atomic E-state index is 0.553. The number of terminal acetylenes is 1. The predicted octanol–water partition coefficient (Wildman–Crippen LogP) is 1.74. The average molecular weight is 216 g/mol. The Hall–Kier alpha value is -1.53. The number of hydrogen-bond acceptors (Lipinski definition) is 3. The van der Waals surface area contributed by atoms with Gasteiger partial charge in [0.1, 0.15) is 5.75 Å². The first-order valence-electron chi connectivity index (χ1n) is 5.63. The fraction of sp³-hybridized carbons (Fsp3) is 0.462. The number of ether oxygens (including phenoxy) is 1. The first-order valence-corrected chi connectivity index (χ1v) is 5.63. The molecule has 1 N–H and O–H groups in total. The molecule has 1 saturated carbocycles. The number of nitrogens with zero attached hydrogens (tertiary/aromatic N) is 1. The van der Waals surface area contributed by atoms with Crippen LogP contribution in [0.1, 0.15) is 25.0 Å². The first kappa shape index (κ1) is 11.0. The van der Waals surface area contributed by atoms with Crippen molar-refractivity contribution in [3.63, 3.8) is 0 Å². The molecule has 1 aromatic rings. The van der Waals surface area contributed by atoms with Crippen molar-refractivity contribution >= 4 is 0 Å². The van der Waals surface area contributed by atoms with Gasteiger partial charge in [-0.3, -0.25) is 4.98 Å². The van der Waals surface area contributed by atoms with Crippen LogP contribution in [0.15, 0.2) is 18.3 Å². The SMILES string of the molecule is C#CCCOc1ccc(CNC2CC2)nc1. The lowest BCUT2D eigenvalue weighted by atomic mass is 10.3. The maximum atomic E-state index is 5.41. The van der Waals surface area contributed by atoms with Crippen LogP contribution in [0.5, 0.6) is 5.75 Å². The van der Waals surface area contributed by atoms with Gasteiger partial charge >= 0.3 is 0 Å². The number of pyridine rings is 1. The van der Waals surface area contributed by atoms with E-state index in [9.17, 15) is 0 Å². The molecular formula is C13H16N2O. The van der Waals surface area contributed by atoms with Crippen molar-refractivity contribution < 1.29 is 4.74 Å². The number of hydrogen-bond donors (Lipinski definition) is 1. The molecule has 3 nitrogen and oxygen atoms in total. The normalized spacial score (nSPS) is 14.4. The molecule has 1 aliphatic rings. The Labute approximate surface area is 96.2 Å². The summed E-state index contributed by atoms with van der Waals surface area (Å²) in [7, 11) is 0. The molecule has 0 amide bonds. The van der Waals surface area contributed by atoms with E-state index < -0.39 is 0 Å². The third-order valence-corrected chi connectivity index (χ3v) is 2.46. The smallest absolute Gasteiger partial charge is 0.137 e. The summed E-state index contributed by atoms with van der Waals surface area (Å²) in [5.41, 5.74) is 1.05. The zero-order chi connectivity index (χ0) is 11.2. The second-order valence-corrected chi connectivity index (χ2v) is 3.94. The summed E-state index contributed by atoms with van der Waals surface area (Å²) < 4.78 is 5.41. The van der Waals surface area contributed by atoms with Crippen molar-refractivity contribution in [1.82, 2.24) is 10.3 Å². The highest BCUT2D eigenvalue weighted by molar-refractivity contribution is 5.20. The van der Waals surface area contributed by atoms with Crippen LogP contribution in [0.25, 0.3) is 0 Å². The second-order valence-electron chi connectivity index (χ2n) is 3.94. The van der Waals surface area contributed by atoms with E-state index in [1.807, 2.05) is 12.1 Å². The standard InChI is InChI=1S/C13H16N2O/c1-2-3-8-16-13-7-6-12(15-10-13)9-14-11-4-5-11/h1,6-7,10-11,14H,3-5,8-9H2. The summed E-state index contributed by atoms with van der Waals surface area (Å²) >= 11 is 0. The Balaban J connectivity index is 1.76. The molecule has 0 bridgehead atoms. The van der Waals surface area contributed by atoms with E-state index in [1.54, 1.807) is 6.20 Å². The van der Waals surface area contributed by atoms with Gasteiger partial charge in [-0.1, -0.05) is 0 Å². The largest absolute Gasteiger partial charge is 0.491 e. The summed E-state index contributed by atoms with van der Waals surface area (Å²) in [5, 5.41) is 3.41. The molecule has 0 unspecified atom stereocenters. The Morgan fingerprint density at radius 1 is 1.50 bits per heavy atom. The minimum Gasteiger partial charge on any atom is -0.491 e. The van der Waals surface area contributed by atoms with Gasteiger partial charge in [0.15, 0.2) is 0 Å². The highest BCUT2D eigenvalue weighted by atomic mass is 16.5. The molecule has 1 heterocycles. The summed E-state index contributed by atoms with van der Waals surface area (Å²) in [5.74, 6) is 3.32. The lowest BCUT2D eigenvalue weighted by Gasteiger charge is -2.05.